The van der Waals surface area contributed by atoms with Gasteiger partial charge in [-0.1, -0.05) is 43.3 Å². The van der Waals surface area contributed by atoms with Crippen LogP contribution < -0.4 is 5.32 Å². The van der Waals surface area contributed by atoms with E-state index in [1.807, 2.05) is 49.3 Å². The zero-order valence-corrected chi connectivity index (χ0v) is 23.8. The Balaban J connectivity index is 1.96. The second-order valence-electron chi connectivity index (χ2n) is 10.7. The van der Waals surface area contributed by atoms with Crippen LogP contribution in [0.25, 0.3) is 11.1 Å². The minimum absolute atomic E-state index is 0.0892. The lowest BCUT2D eigenvalue weighted by molar-refractivity contribution is -0.136. The molecule has 3 rings (SSSR count). The highest BCUT2D eigenvalue weighted by Gasteiger charge is 2.43. The minimum Gasteiger partial charge on any atom is -0.453 e. The summed E-state index contributed by atoms with van der Waals surface area (Å²) >= 11 is 0. The molecule has 1 saturated heterocycles. The molecule has 214 valence electrons. The third-order valence-corrected chi connectivity index (χ3v) is 7.74. The Hall–Kier alpha value is -2.97. The average Bonchev–Trinajstić information content (AvgIpc) is 2.94. The molecular formula is C31H44FN3O4. The van der Waals surface area contributed by atoms with E-state index in [0.717, 1.165) is 36.9 Å². The van der Waals surface area contributed by atoms with Crippen molar-refractivity contribution in [3.8, 4) is 11.1 Å². The molecule has 0 aromatic heterocycles. The van der Waals surface area contributed by atoms with Crippen molar-refractivity contribution in [2.75, 3.05) is 47.4 Å². The van der Waals surface area contributed by atoms with Crippen LogP contribution in [-0.4, -0.2) is 74.3 Å². The van der Waals surface area contributed by atoms with Crippen molar-refractivity contribution in [1.29, 1.82) is 0 Å². The zero-order chi connectivity index (χ0) is 28.4. The number of halogens is 1. The molecule has 0 radical (unpaired) electrons. The van der Waals surface area contributed by atoms with E-state index < -0.39 is 11.7 Å². The number of methoxy groups -OCH3 is 1. The number of aryl methyl sites for hydroxylation is 1. The van der Waals surface area contributed by atoms with Crippen LogP contribution in [0, 0.1) is 11.7 Å². The van der Waals surface area contributed by atoms with Crippen molar-refractivity contribution in [3.05, 3.63) is 59.4 Å². The van der Waals surface area contributed by atoms with E-state index >= 15 is 4.39 Å². The zero-order valence-electron chi connectivity index (χ0n) is 23.8. The molecule has 2 atom stereocenters. The number of aliphatic hydroxyl groups is 1. The smallest absolute Gasteiger partial charge is 0.406 e. The standard InChI is InChI=1S/C31H44FN3O4/c1-5-23-11-6-12-24(21-23)29-26(14-7-15-27(29)32)31(38,17-10-18-33-30(37)39-4)25-13-8-20-35(22-25)28(36)16-9-19-34(2)3/h6-7,11-12,14-15,21,25,38H,5,8-10,13,16-20,22H2,1-4H3,(H,33,37)/t25-,31+/m1/s1. The van der Waals surface area contributed by atoms with Gasteiger partial charge in [0.05, 0.1) is 12.7 Å². The van der Waals surface area contributed by atoms with Gasteiger partial charge >= 0.3 is 6.09 Å². The number of benzene rings is 2. The molecule has 2 N–H and O–H groups in total. The molecule has 0 spiro atoms. The van der Waals surface area contributed by atoms with Gasteiger partial charge in [0.25, 0.3) is 0 Å². The number of ether oxygens (including phenoxy) is 1. The first-order chi connectivity index (χ1) is 18.7. The monoisotopic (exact) mass is 541 g/mol. The fourth-order valence-electron chi connectivity index (χ4n) is 5.60. The average molecular weight is 542 g/mol. The molecule has 1 aliphatic heterocycles. The number of rotatable bonds is 12. The van der Waals surface area contributed by atoms with Crippen molar-refractivity contribution in [2.45, 2.75) is 57.5 Å². The molecule has 2 aromatic rings. The fourth-order valence-corrected chi connectivity index (χ4v) is 5.60. The summed E-state index contributed by atoms with van der Waals surface area (Å²) in [6, 6.07) is 12.7. The van der Waals surface area contributed by atoms with Crippen LogP contribution in [0.2, 0.25) is 0 Å². The summed E-state index contributed by atoms with van der Waals surface area (Å²) in [4.78, 5) is 28.6. The van der Waals surface area contributed by atoms with Gasteiger partial charge in [-0.2, -0.15) is 0 Å². The molecule has 39 heavy (non-hydrogen) atoms. The molecule has 0 bridgehead atoms. The van der Waals surface area contributed by atoms with Gasteiger partial charge < -0.3 is 25.0 Å². The van der Waals surface area contributed by atoms with E-state index in [9.17, 15) is 14.7 Å². The molecule has 2 aromatic carbocycles. The number of nitrogens with zero attached hydrogens (tertiary/aromatic N) is 2. The SMILES string of the molecule is CCc1cccc(-c2c(F)cccc2[C@](O)(CCCNC(=O)OC)[C@@H]2CCCN(C(=O)CCCN(C)C)C2)c1. The number of carbonyl (C=O) groups excluding carboxylic acids is 2. The lowest BCUT2D eigenvalue weighted by Gasteiger charge is -2.44. The van der Waals surface area contributed by atoms with Gasteiger partial charge in [0.15, 0.2) is 0 Å². The minimum atomic E-state index is -1.40. The van der Waals surface area contributed by atoms with Gasteiger partial charge in [-0.25, -0.2) is 9.18 Å². The van der Waals surface area contributed by atoms with E-state index in [-0.39, 0.29) is 17.6 Å². The summed E-state index contributed by atoms with van der Waals surface area (Å²) in [5.74, 6) is -0.581. The lowest BCUT2D eigenvalue weighted by atomic mass is 9.72. The van der Waals surface area contributed by atoms with E-state index in [4.69, 9.17) is 0 Å². The second-order valence-corrected chi connectivity index (χ2v) is 10.7. The van der Waals surface area contributed by atoms with Crippen molar-refractivity contribution in [2.24, 2.45) is 5.92 Å². The van der Waals surface area contributed by atoms with Crippen LogP contribution in [0.5, 0.6) is 0 Å². The quantitative estimate of drug-likeness (QED) is 0.371. The Labute approximate surface area is 232 Å². The van der Waals surface area contributed by atoms with Gasteiger partial charge in [0.2, 0.25) is 5.91 Å². The van der Waals surface area contributed by atoms with Crippen LogP contribution in [0.4, 0.5) is 9.18 Å². The van der Waals surface area contributed by atoms with Gasteiger partial charge in [-0.05, 0) is 81.9 Å². The third kappa shape index (κ3) is 8.02. The van der Waals surface area contributed by atoms with E-state index in [2.05, 4.69) is 21.9 Å². The molecule has 1 aliphatic rings. The van der Waals surface area contributed by atoms with Crippen molar-refractivity contribution < 1.29 is 23.8 Å². The fraction of sp³-hybridized carbons (Fsp3) is 0.548. The molecule has 1 fully saturated rings. The van der Waals surface area contributed by atoms with Crippen molar-refractivity contribution in [1.82, 2.24) is 15.1 Å². The number of carbonyl (C=O) groups is 2. The van der Waals surface area contributed by atoms with Crippen molar-refractivity contribution >= 4 is 12.0 Å². The first-order valence-corrected chi connectivity index (χ1v) is 14.0. The van der Waals surface area contributed by atoms with E-state index in [1.54, 1.807) is 6.07 Å². The molecule has 0 unspecified atom stereocenters. The van der Waals surface area contributed by atoms with Gasteiger partial charge in [0.1, 0.15) is 5.82 Å². The summed E-state index contributed by atoms with van der Waals surface area (Å²) in [5.41, 5.74) is 1.33. The van der Waals surface area contributed by atoms with Crippen LogP contribution in [0.3, 0.4) is 0 Å². The highest BCUT2D eigenvalue weighted by Crippen LogP contribution is 2.44. The van der Waals surface area contributed by atoms with E-state index in [0.29, 0.717) is 56.4 Å². The van der Waals surface area contributed by atoms with Gasteiger partial charge in [-0.3, -0.25) is 4.79 Å². The largest absolute Gasteiger partial charge is 0.453 e. The highest BCUT2D eigenvalue weighted by molar-refractivity contribution is 5.76. The second kappa shape index (κ2) is 14.4. The number of nitrogens with one attached hydrogen (secondary N) is 1. The summed E-state index contributed by atoms with van der Waals surface area (Å²) < 4.78 is 20.2. The first-order valence-electron chi connectivity index (χ1n) is 14.0. The number of alkyl carbamates (subject to hydrolysis) is 1. The number of hydrogen-bond acceptors (Lipinski definition) is 5. The molecule has 1 heterocycles. The summed E-state index contributed by atoms with van der Waals surface area (Å²) in [5, 5.41) is 15.2. The predicted octanol–water partition coefficient (Wildman–Crippen LogP) is 4.96. The Morgan fingerprint density at radius 3 is 2.69 bits per heavy atom. The number of hydrogen-bond donors (Lipinski definition) is 2. The van der Waals surface area contributed by atoms with Crippen LogP contribution >= 0.6 is 0 Å². The van der Waals surface area contributed by atoms with Gasteiger partial charge in [0, 0.05) is 37.5 Å². The highest BCUT2D eigenvalue weighted by atomic mass is 19.1. The summed E-state index contributed by atoms with van der Waals surface area (Å²) in [7, 11) is 5.29. The van der Waals surface area contributed by atoms with Gasteiger partial charge in [-0.15, -0.1) is 0 Å². The maximum absolute atomic E-state index is 15.6. The predicted molar refractivity (Wildman–Crippen MR) is 152 cm³/mol. The molecule has 0 saturated carbocycles. The summed E-state index contributed by atoms with van der Waals surface area (Å²) in [6.07, 6.45) is 3.76. The topological polar surface area (TPSA) is 82.1 Å². The normalized spacial score (nSPS) is 17.1. The number of likely N-dealkylation sites (tertiary alicyclic amines) is 1. The third-order valence-electron chi connectivity index (χ3n) is 7.74. The molecular weight excluding hydrogens is 497 g/mol. The molecule has 8 heteroatoms. The number of amides is 2. The summed E-state index contributed by atoms with van der Waals surface area (Å²) in [6.45, 7) is 4.27. The lowest BCUT2D eigenvalue weighted by Crippen LogP contribution is -2.48. The number of piperidine rings is 1. The molecule has 0 aliphatic carbocycles. The van der Waals surface area contributed by atoms with Crippen LogP contribution in [0.15, 0.2) is 42.5 Å². The maximum atomic E-state index is 15.6. The Morgan fingerprint density at radius 2 is 1.97 bits per heavy atom. The van der Waals surface area contributed by atoms with E-state index in [1.165, 1.54) is 13.2 Å². The van der Waals surface area contributed by atoms with Crippen molar-refractivity contribution in [3.63, 3.8) is 0 Å². The maximum Gasteiger partial charge on any atom is 0.406 e. The first kappa shape index (κ1) is 30.6. The van der Waals surface area contributed by atoms with Crippen LogP contribution in [-0.2, 0) is 21.6 Å². The molecule has 2 amide bonds. The Morgan fingerprint density at radius 1 is 1.21 bits per heavy atom. The van der Waals surface area contributed by atoms with Crippen LogP contribution in [0.1, 0.15) is 56.6 Å². The Kier molecular flexibility index (Phi) is 11.3. The molecule has 7 nitrogen and oxygen atoms in total. The Bertz CT molecular complexity index is 1110.